The van der Waals surface area contributed by atoms with Crippen molar-refractivity contribution in [2.24, 2.45) is 0 Å². The molecule has 0 N–H and O–H groups in total. The highest BCUT2D eigenvalue weighted by molar-refractivity contribution is 7.13. The molecule has 2 heterocycles. The number of hydrogen-bond donors (Lipinski definition) is 0. The van der Waals surface area contributed by atoms with Crippen LogP contribution in [0.2, 0.25) is 0 Å². The van der Waals surface area contributed by atoms with Gasteiger partial charge in [0.15, 0.2) is 5.69 Å². The summed E-state index contributed by atoms with van der Waals surface area (Å²) in [4.78, 5) is 16.3. The van der Waals surface area contributed by atoms with Crippen molar-refractivity contribution in [1.29, 1.82) is 0 Å². The van der Waals surface area contributed by atoms with Gasteiger partial charge in [0.05, 0.1) is 7.11 Å². The molecule has 0 amide bonds. The molecule has 0 spiro atoms. The Balaban J connectivity index is 1.66. The van der Waals surface area contributed by atoms with Gasteiger partial charge in [-0.2, -0.15) is 0 Å². The van der Waals surface area contributed by atoms with Crippen LogP contribution in [0.1, 0.15) is 21.9 Å². The molecular formula is C16H14N2O4S. The zero-order valence-corrected chi connectivity index (χ0v) is 13.4. The van der Waals surface area contributed by atoms with Crippen molar-refractivity contribution >= 4 is 17.3 Å². The molecule has 7 heteroatoms. The van der Waals surface area contributed by atoms with Gasteiger partial charge in [-0.05, 0) is 31.2 Å². The maximum Gasteiger partial charge on any atom is 0.358 e. The van der Waals surface area contributed by atoms with Crippen molar-refractivity contribution < 1.29 is 18.8 Å². The predicted octanol–water partition coefficient (Wildman–Crippen LogP) is 3.47. The van der Waals surface area contributed by atoms with Gasteiger partial charge in [0.25, 0.3) is 0 Å². The Morgan fingerprint density at radius 3 is 2.74 bits per heavy atom. The topological polar surface area (TPSA) is 74.5 Å². The number of methoxy groups -OCH3 is 1. The lowest BCUT2D eigenvalue weighted by Gasteiger charge is -2.00. The number of thiazole rings is 1. The maximum atomic E-state index is 12.0. The molecule has 23 heavy (non-hydrogen) atoms. The van der Waals surface area contributed by atoms with Crippen LogP contribution in [-0.4, -0.2) is 23.2 Å². The molecule has 0 saturated heterocycles. The maximum absolute atomic E-state index is 12.0. The first-order valence-corrected chi connectivity index (χ1v) is 7.73. The first-order valence-electron chi connectivity index (χ1n) is 6.85. The van der Waals surface area contributed by atoms with Gasteiger partial charge in [-0.15, -0.1) is 11.3 Å². The number of rotatable bonds is 5. The van der Waals surface area contributed by atoms with Crippen molar-refractivity contribution in [2.75, 3.05) is 7.11 Å². The number of benzene rings is 1. The van der Waals surface area contributed by atoms with Crippen LogP contribution in [0.5, 0.6) is 5.75 Å². The van der Waals surface area contributed by atoms with E-state index < -0.39 is 5.97 Å². The van der Waals surface area contributed by atoms with Crippen LogP contribution >= 0.6 is 11.3 Å². The van der Waals surface area contributed by atoms with Gasteiger partial charge in [-0.1, -0.05) is 5.16 Å². The molecule has 0 bridgehead atoms. The van der Waals surface area contributed by atoms with Gasteiger partial charge >= 0.3 is 5.97 Å². The van der Waals surface area contributed by atoms with Crippen LogP contribution in [0.4, 0.5) is 0 Å². The Hall–Kier alpha value is -2.67. The largest absolute Gasteiger partial charge is 0.497 e. The van der Waals surface area contributed by atoms with E-state index in [9.17, 15) is 4.79 Å². The Bertz CT molecular complexity index is 808. The summed E-state index contributed by atoms with van der Waals surface area (Å²) in [5.41, 5.74) is 1.77. The minimum Gasteiger partial charge on any atom is -0.497 e. The van der Waals surface area contributed by atoms with Crippen molar-refractivity contribution in [3.8, 4) is 16.3 Å². The van der Waals surface area contributed by atoms with Crippen LogP contribution in [0.3, 0.4) is 0 Å². The van der Waals surface area contributed by atoms with Gasteiger partial charge < -0.3 is 14.0 Å². The van der Waals surface area contributed by atoms with E-state index in [1.54, 1.807) is 25.5 Å². The number of aryl methyl sites for hydroxylation is 1. The minimum absolute atomic E-state index is 0.0611. The zero-order valence-electron chi connectivity index (χ0n) is 12.6. The molecule has 118 valence electrons. The van der Waals surface area contributed by atoms with Gasteiger partial charge in [-0.3, -0.25) is 0 Å². The lowest BCUT2D eigenvalue weighted by Crippen LogP contribution is -2.05. The number of ether oxygens (including phenoxy) is 2. The molecule has 0 fully saturated rings. The van der Waals surface area contributed by atoms with E-state index in [-0.39, 0.29) is 12.3 Å². The molecule has 0 unspecified atom stereocenters. The van der Waals surface area contributed by atoms with E-state index in [0.717, 1.165) is 16.3 Å². The second kappa shape index (κ2) is 6.62. The molecule has 0 aliphatic rings. The lowest BCUT2D eigenvalue weighted by atomic mass is 10.2. The highest BCUT2D eigenvalue weighted by atomic mass is 32.1. The van der Waals surface area contributed by atoms with Crippen molar-refractivity contribution in [3.63, 3.8) is 0 Å². The van der Waals surface area contributed by atoms with E-state index in [1.807, 2.05) is 24.3 Å². The number of aromatic nitrogens is 2. The Labute approximate surface area is 136 Å². The molecule has 3 aromatic rings. The van der Waals surface area contributed by atoms with E-state index in [2.05, 4.69) is 10.1 Å². The smallest absolute Gasteiger partial charge is 0.358 e. The molecule has 0 aliphatic carbocycles. The summed E-state index contributed by atoms with van der Waals surface area (Å²) >= 11 is 1.38. The minimum atomic E-state index is -0.485. The van der Waals surface area contributed by atoms with Gasteiger partial charge in [0.1, 0.15) is 28.8 Å². The molecule has 3 rings (SSSR count). The number of carbonyl (C=O) groups is 1. The Kier molecular flexibility index (Phi) is 4.38. The first kappa shape index (κ1) is 15.2. The quantitative estimate of drug-likeness (QED) is 0.667. The molecule has 0 radical (unpaired) electrons. The Morgan fingerprint density at radius 1 is 1.30 bits per heavy atom. The molecular weight excluding hydrogens is 316 g/mol. The summed E-state index contributed by atoms with van der Waals surface area (Å²) in [6.45, 7) is 1.84. The third-order valence-electron chi connectivity index (χ3n) is 3.08. The van der Waals surface area contributed by atoms with E-state index >= 15 is 0 Å². The van der Waals surface area contributed by atoms with Gasteiger partial charge in [-0.25, -0.2) is 9.78 Å². The second-order valence-electron chi connectivity index (χ2n) is 4.77. The Morgan fingerprint density at radius 2 is 2.09 bits per heavy atom. The number of hydrogen-bond acceptors (Lipinski definition) is 7. The van der Waals surface area contributed by atoms with Gasteiger partial charge in [0, 0.05) is 17.0 Å². The predicted molar refractivity (Wildman–Crippen MR) is 84.5 cm³/mol. The summed E-state index contributed by atoms with van der Waals surface area (Å²) in [5.74, 6) is 0.959. The number of esters is 1. The summed E-state index contributed by atoms with van der Waals surface area (Å²) in [6.07, 6.45) is 0. The molecule has 0 saturated carbocycles. The normalized spacial score (nSPS) is 10.5. The average Bonchev–Trinajstić information content (AvgIpc) is 3.22. The molecule has 0 aliphatic heterocycles. The number of carbonyl (C=O) groups excluding carboxylic acids is 1. The summed E-state index contributed by atoms with van der Waals surface area (Å²) in [6, 6.07) is 9.20. The second-order valence-corrected chi connectivity index (χ2v) is 5.63. The van der Waals surface area contributed by atoms with E-state index in [1.165, 1.54) is 11.3 Å². The third kappa shape index (κ3) is 3.57. The van der Waals surface area contributed by atoms with Crippen LogP contribution < -0.4 is 4.74 Å². The number of nitrogens with zero attached hydrogens (tertiary/aromatic N) is 2. The lowest BCUT2D eigenvalue weighted by molar-refractivity contribution is 0.0458. The molecule has 1 aromatic carbocycles. The summed E-state index contributed by atoms with van der Waals surface area (Å²) < 4.78 is 15.2. The first-order chi connectivity index (χ1) is 11.2. The van der Waals surface area contributed by atoms with Crippen molar-refractivity contribution in [3.05, 3.63) is 52.9 Å². The molecule has 6 nitrogen and oxygen atoms in total. The highest BCUT2D eigenvalue weighted by Gasteiger charge is 2.14. The summed E-state index contributed by atoms with van der Waals surface area (Å²) in [7, 11) is 1.61. The fourth-order valence-electron chi connectivity index (χ4n) is 1.93. The van der Waals surface area contributed by atoms with Crippen LogP contribution in [0, 0.1) is 6.92 Å². The standard InChI is InChI=1S/C16H14N2O4S/c1-10-7-12(18-22-10)8-21-16(19)14-9-23-15(17-14)11-3-5-13(20-2)6-4-11/h3-7,9H,8H2,1-2H3. The van der Waals surface area contributed by atoms with Crippen molar-refractivity contribution in [2.45, 2.75) is 13.5 Å². The van der Waals surface area contributed by atoms with E-state index in [4.69, 9.17) is 14.0 Å². The fraction of sp³-hybridized carbons (Fsp3) is 0.188. The highest BCUT2D eigenvalue weighted by Crippen LogP contribution is 2.26. The molecule has 2 aromatic heterocycles. The summed E-state index contributed by atoms with van der Waals surface area (Å²) in [5, 5.41) is 6.19. The fourth-order valence-corrected chi connectivity index (χ4v) is 2.73. The zero-order chi connectivity index (χ0) is 16.2. The molecule has 0 atom stereocenters. The van der Waals surface area contributed by atoms with Crippen molar-refractivity contribution in [1.82, 2.24) is 10.1 Å². The van der Waals surface area contributed by atoms with E-state index in [0.29, 0.717) is 11.5 Å². The van der Waals surface area contributed by atoms with Gasteiger partial charge in [0.2, 0.25) is 0 Å². The van der Waals surface area contributed by atoms with Crippen LogP contribution in [-0.2, 0) is 11.3 Å². The third-order valence-corrected chi connectivity index (χ3v) is 3.97. The van der Waals surface area contributed by atoms with Crippen LogP contribution in [0.15, 0.2) is 40.2 Å². The average molecular weight is 330 g/mol. The SMILES string of the molecule is COc1ccc(-c2nc(C(=O)OCc3cc(C)on3)cs2)cc1. The van der Waals surface area contributed by atoms with Crippen LogP contribution in [0.25, 0.3) is 10.6 Å². The monoisotopic (exact) mass is 330 g/mol.